The molecule has 0 aliphatic carbocycles. The smallest absolute Gasteiger partial charge is 0 e. The molecule has 0 N–H and O–H groups in total. The molecule has 2 nitrogen and oxygen atoms in total. The molecule has 0 rings (SSSR count). The van der Waals surface area contributed by atoms with Crippen molar-refractivity contribution in [2.24, 2.45) is 0 Å². The fourth-order valence-corrected chi connectivity index (χ4v) is 0. The van der Waals surface area contributed by atoms with Gasteiger partial charge in [0.2, 0.25) is 0 Å². The van der Waals surface area contributed by atoms with E-state index in [2.05, 4.69) is 0 Å². The van der Waals surface area contributed by atoms with E-state index in [1.54, 1.807) is 0 Å². The number of hydrogen-bond donors (Lipinski definition) is 0. The summed E-state index contributed by atoms with van der Waals surface area (Å²) in [5.74, 6) is 0. The zero-order chi connectivity index (χ0) is 2.71. The first-order valence-electron chi connectivity index (χ1n) is 0.408. The molecule has 32 valence electrons. The van der Waals surface area contributed by atoms with Crippen molar-refractivity contribution >= 4 is 34.5 Å². The first kappa shape index (κ1) is 16.1. The van der Waals surface area contributed by atoms with Crippen LogP contribution in [0.5, 0.6) is 0 Å². The van der Waals surface area contributed by atoms with E-state index in [9.17, 15) is 0 Å². The van der Waals surface area contributed by atoms with E-state index in [4.69, 9.17) is 9.13 Å². The minimum absolute atomic E-state index is 0. The molecular formula is H4BiMoO2P. The maximum atomic E-state index is 8.40. The summed E-state index contributed by atoms with van der Waals surface area (Å²) in [6.07, 6.45) is 0. The third-order valence-corrected chi connectivity index (χ3v) is 0. The van der Waals surface area contributed by atoms with Gasteiger partial charge in [-0.3, -0.25) is 0 Å². The molecule has 0 fully saturated rings. The minimum Gasteiger partial charge on any atom is 0 e. The molecule has 0 aromatic heterocycles. The average Bonchev–Trinajstić information content (AvgIpc) is 0.918. The van der Waals surface area contributed by atoms with Crippen LogP contribution in [0.4, 0.5) is 0 Å². The van der Waals surface area contributed by atoms with E-state index in [0.29, 0.717) is 0 Å². The van der Waals surface area contributed by atoms with Crippen LogP contribution in [-0.4, -0.2) is 26.2 Å². The van der Waals surface area contributed by atoms with E-state index in [-0.39, 0.29) is 47.3 Å². The van der Waals surface area contributed by atoms with Crippen LogP contribution in [0.25, 0.3) is 0 Å². The van der Waals surface area contributed by atoms with Gasteiger partial charge in [-0.05, 0) is 0 Å². The van der Waals surface area contributed by atoms with Gasteiger partial charge in [-0.2, -0.15) is 0 Å². The standard InChI is InChI=1S/Bi.Mo.HO2P.3H/c;;1-3-2;;;/h;;3H;;;. The van der Waals surface area contributed by atoms with Crippen molar-refractivity contribution in [2.75, 3.05) is 0 Å². The monoisotopic (exact) mass is 374 g/mol. The fraction of sp³-hybridized carbons (Fsp3) is 0. The summed E-state index contributed by atoms with van der Waals surface area (Å²) in [4.78, 5) is 0. The van der Waals surface area contributed by atoms with E-state index >= 15 is 0 Å². The molecule has 0 aromatic rings. The van der Waals surface area contributed by atoms with Crippen LogP contribution in [0.1, 0.15) is 0 Å². The third-order valence-electron chi connectivity index (χ3n) is 0. The van der Waals surface area contributed by atoms with Gasteiger partial charge >= 0.3 is 34.5 Å². The van der Waals surface area contributed by atoms with E-state index in [1.165, 1.54) is 0 Å². The molecule has 5 heavy (non-hydrogen) atoms. The third kappa shape index (κ3) is 30.5. The Morgan fingerprint density at radius 1 is 1.20 bits per heavy atom. The Balaban J connectivity index is -0.0000000200. The maximum Gasteiger partial charge on any atom is 0 e. The Bertz CT molecular complexity index is 30.6. The Morgan fingerprint density at radius 3 is 1.20 bits per heavy atom. The zero-order valence-electron chi connectivity index (χ0n) is 2.43. The molecule has 5 heteroatoms. The SMILES string of the molecule is O=[PH]=O.[BiH3].[Mo]. The van der Waals surface area contributed by atoms with Crippen LogP contribution in [-0.2, 0) is 30.2 Å². The Labute approximate surface area is 64.3 Å². The topological polar surface area (TPSA) is 34.1 Å². The van der Waals surface area contributed by atoms with Gasteiger partial charge in [0, 0.05) is 21.1 Å². The molecule has 0 aliphatic heterocycles. The summed E-state index contributed by atoms with van der Waals surface area (Å²) < 4.78 is 16.8. The average molecular weight is 372 g/mol. The second-order valence-corrected chi connectivity index (χ2v) is 0.250. The molecule has 0 spiro atoms. The van der Waals surface area contributed by atoms with Gasteiger partial charge in [-0.15, -0.1) is 0 Å². The van der Waals surface area contributed by atoms with Crippen molar-refractivity contribution < 1.29 is 30.2 Å². The van der Waals surface area contributed by atoms with Gasteiger partial charge in [0.05, 0.1) is 0 Å². The van der Waals surface area contributed by atoms with Crippen LogP contribution in [0.2, 0.25) is 0 Å². The van der Waals surface area contributed by atoms with Gasteiger partial charge in [-0.1, -0.05) is 0 Å². The van der Waals surface area contributed by atoms with Crippen molar-refractivity contribution in [2.45, 2.75) is 0 Å². The summed E-state index contributed by atoms with van der Waals surface area (Å²) >= 11 is 0. The minimum atomic E-state index is -1.42. The molecular weight excluding hydrogens is 368 g/mol. The predicted molar refractivity (Wildman–Crippen MR) is 19.6 cm³/mol. The first-order valence-corrected chi connectivity index (χ1v) is 1.22. The first-order chi connectivity index (χ1) is 1.41. The molecule has 0 aliphatic rings. The Morgan fingerprint density at radius 2 is 1.20 bits per heavy atom. The Hall–Kier alpha value is 1.47. The van der Waals surface area contributed by atoms with Crippen LogP contribution >= 0.6 is 8.34 Å². The quantitative estimate of drug-likeness (QED) is 0.411. The van der Waals surface area contributed by atoms with Crippen LogP contribution in [0, 0.1) is 0 Å². The summed E-state index contributed by atoms with van der Waals surface area (Å²) in [6, 6.07) is 0. The van der Waals surface area contributed by atoms with Crippen molar-refractivity contribution in [1.82, 2.24) is 0 Å². The largest absolute Gasteiger partial charge is 0 e. The van der Waals surface area contributed by atoms with Crippen molar-refractivity contribution in [3.8, 4) is 0 Å². The van der Waals surface area contributed by atoms with Gasteiger partial charge in [0.1, 0.15) is 0 Å². The zero-order valence-corrected chi connectivity index (χ0v) is 10.9. The van der Waals surface area contributed by atoms with Gasteiger partial charge in [-0.25, -0.2) is 9.13 Å². The molecule has 0 unspecified atom stereocenters. The van der Waals surface area contributed by atoms with Crippen LogP contribution < -0.4 is 0 Å². The molecule has 0 amide bonds. The van der Waals surface area contributed by atoms with Gasteiger partial charge in [0.25, 0.3) is 0 Å². The van der Waals surface area contributed by atoms with Crippen LogP contribution in [0.3, 0.4) is 0 Å². The molecule has 0 atom stereocenters. The summed E-state index contributed by atoms with van der Waals surface area (Å²) in [5.41, 5.74) is 0. The van der Waals surface area contributed by atoms with E-state index in [0.717, 1.165) is 0 Å². The van der Waals surface area contributed by atoms with Crippen molar-refractivity contribution in [3.05, 3.63) is 0 Å². The maximum absolute atomic E-state index is 8.40. The fourth-order valence-electron chi connectivity index (χ4n) is 0. The summed E-state index contributed by atoms with van der Waals surface area (Å²) in [7, 11) is -1.42. The molecule has 0 heterocycles. The molecule has 0 bridgehead atoms. The predicted octanol–water partition coefficient (Wildman–Crippen LogP) is -0.831. The second-order valence-electron chi connectivity index (χ2n) is 0.0833. The molecule has 0 saturated heterocycles. The number of rotatable bonds is 0. The summed E-state index contributed by atoms with van der Waals surface area (Å²) in [6.45, 7) is 0. The van der Waals surface area contributed by atoms with Crippen molar-refractivity contribution in [1.29, 1.82) is 0 Å². The van der Waals surface area contributed by atoms with Crippen molar-refractivity contribution in [3.63, 3.8) is 0 Å². The Kier molecular flexibility index (Phi) is 57.6. The van der Waals surface area contributed by atoms with E-state index < -0.39 is 8.34 Å². The molecule has 0 saturated carbocycles. The van der Waals surface area contributed by atoms with Gasteiger partial charge < -0.3 is 0 Å². The van der Waals surface area contributed by atoms with E-state index in [1.807, 2.05) is 0 Å². The van der Waals surface area contributed by atoms with Gasteiger partial charge in [0.15, 0.2) is 0 Å². The normalized spacial score (nSPS) is 2.40. The molecule has 0 aromatic carbocycles. The second kappa shape index (κ2) is 17.9. The summed E-state index contributed by atoms with van der Waals surface area (Å²) in [5, 5.41) is 0. The number of hydrogen-bond acceptors (Lipinski definition) is 2. The molecule has 0 radical (unpaired) electrons. The van der Waals surface area contributed by atoms with Crippen LogP contribution in [0.15, 0.2) is 0 Å².